The molecular weight excluding hydrogens is 458 g/mol. The average Bonchev–Trinajstić information content (AvgIpc) is 2.89. The van der Waals surface area contributed by atoms with Gasteiger partial charge in [-0.05, 0) is 99.0 Å². The molecule has 6 rings (SSSR count). The molecule has 2 heterocycles. The lowest BCUT2D eigenvalue weighted by molar-refractivity contribution is -0.168. The van der Waals surface area contributed by atoms with Crippen molar-refractivity contribution in [2.45, 2.75) is 97.1 Å². The second-order valence-electron chi connectivity index (χ2n) is 13.6. The van der Waals surface area contributed by atoms with Crippen LogP contribution in [0.1, 0.15) is 84.6 Å². The van der Waals surface area contributed by atoms with Gasteiger partial charge in [0.1, 0.15) is 11.6 Å². The fourth-order valence-electron chi connectivity index (χ4n) is 8.14. The van der Waals surface area contributed by atoms with Crippen molar-refractivity contribution in [2.24, 2.45) is 29.1 Å². The van der Waals surface area contributed by atoms with Gasteiger partial charge in [0.2, 0.25) is 11.8 Å². The third-order valence-electron chi connectivity index (χ3n) is 10.7. The minimum atomic E-state index is -0.657. The summed E-state index contributed by atoms with van der Waals surface area (Å²) in [5, 5.41) is 3.20. The number of piperidine rings is 1. The average molecular weight is 508 g/mol. The number of hydrogen-bond donors (Lipinski definition) is 1. The Kier molecular flexibility index (Phi) is 7.73. The summed E-state index contributed by atoms with van der Waals surface area (Å²) in [5.74, 6) is 2.74. The highest BCUT2D eigenvalue weighted by Crippen LogP contribution is 2.61. The van der Waals surface area contributed by atoms with Crippen LogP contribution in [0.4, 0.5) is 0 Å². The third kappa shape index (κ3) is 5.22. The van der Waals surface area contributed by atoms with Crippen molar-refractivity contribution in [3.8, 4) is 0 Å². The number of nitrogens with zero attached hydrogens (tertiary/aromatic N) is 2. The van der Waals surface area contributed by atoms with Crippen LogP contribution in [-0.2, 0) is 16.0 Å². The minimum Gasteiger partial charge on any atom is -0.342 e. The number of carbonyl (C=O) groups excluding carboxylic acids is 2. The van der Waals surface area contributed by atoms with Crippen LogP contribution in [0.25, 0.3) is 0 Å². The molecule has 2 bridgehead atoms. The number of likely N-dealkylation sites (tertiary alicyclic amines) is 1. The van der Waals surface area contributed by atoms with Crippen LogP contribution in [0.5, 0.6) is 0 Å². The van der Waals surface area contributed by atoms with Crippen molar-refractivity contribution in [1.29, 1.82) is 0 Å². The molecule has 4 atom stereocenters. The number of unbranched alkanes of at least 4 members (excludes halogenated alkanes) is 1. The number of hydrogen-bond acceptors (Lipinski definition) is 3. The molecule has 5 heteroatoms. The van der Waals surface area contributed by atoms with Gasteiger partial charge in [-0.1, -0.05) is 58.0 Å². The maximum absolute atomic E-state index is 14.0. The van der Waals surface area contributed by atoms with E-state index in [1.165, 1.54) is 37.7 Å². The molecule has 1 aromatic rings. The first-order valence-electron chi connectivity index (χ1n) is 15.1. The van der Waals surface area contributed by atoms with Crippen molar-refractivity contribution in [1.82, 2.24) is 15.1 Å². The van der Waals surface area contributed by atoms with Gasteiger partial charge in [-0.2, -0.15) is 0 Å². The molecule has 1 spiro atoms. The molecule has 5 aliphatic rings. The molecule has 5 nitrogen and oxygen atoms in total. The largest absolute Gasteiger partial charge is 0.342 e. The highest BCUT2D eigenvalue weighted by atomic mass is 16.2. The number of aryl methyl sites for hydroxylation is 1. The monoisotopic (exact) mass is 507 g/mol. The van der Waals surface area contributed by atoms with E-state index in [1.54, 1.807) is 0 Å². The molecule has 3 saturated carbocycles. The lowest BCUT2D eigenvalue weighted by Gasteiger charge is -2.62. The summed E-state index contributed by atoms with van der Waals surface area (Å²) in [5.41, 5.74) is 1.14. The van der Waals surface area contributed by atoms with Crippen LogP contribution in [0.2, 0.25) is 0 Å². The van der Waals surface area contributed by atoms with E-state index in [-0.39, 0.29) is 17.9 Å². The molecule has 2 amide bonds. The van der Waals surface area contributed by atoms with Gasteiger partial charge < -0.3 is 15.1 Å². The number of carbonyl (C=O) groups is 2. The molecule has 0 unspecified atom stereocenters. The zero-order valence-electron chi connectivity index (χ0n) is 23.7. The Morgan fingerprint density at radius 1 is 1.03 bits per heavy atom. The van der Waals surface area contributed by atoms with Crippen molar-refractivity contribution in [3.05, 3.63) is 35.9 Å². The van der Waals surface area contributed by atoms with Crippen LogP contribution in [0, 0.1) is 29.1 Å². The predicted octanol–water partition coefficient (Wildman–Crippen LogP) is 5.29. The second kappa shape index (κ2) is 10.7. The maximum atomic E-state index is 14.0. The Morgan fingerprint density at radius 2 is 1.76 bits per heavy atom. The zero-order valence-corrected chi connectivity index (χ0v) is 23.7. The molecule has 3 aliphatic carbocycles. The maximum Gasteiger partial charge on any atom is 0.246 e. The normalized spacial score (nSPS) is 30.9. The van der Waals surface area contributed by atoms with Gasteiger partial charge in [-0.15, -0.1) is 0 Å². The SMILES string of the molecule is CC(C)C[C@@H]1NC(=O)C2(CCN(CCCCc3ccccc3)CC2)N(C[C@H]2CC[C@H]3C[C@H]2C3(C)C)C1=O. The van der Waals surface area contributed by atoms with Crippen molar-refractivity contribution in [2.75, 3.05) is 26.2 Å². The summed E-state index contributed by atoms with van der Waals surface area (Å²) in [6, 6.07) is 10.4. The molecule has 0 radical (unpaired) electrons. The van der Waals surface area contributed by atoms with E-state index in [1.807, 2.05) is 0 Å². The third-order valence-corrected chi connectivity index (χ3v) is 10.7. The molecule has 204 valence electrons. The summed E-state index contributed by atoms with van der Waals surface area (Å²) in [6.45, 7) is 12.8. The van der Waals surface area contributed by atoms with Crippen molar-refractivity contribution in [3.63, 3.8) is 0 Å². The van der Waals surface area contributed by atoms with E-state index in [9.17, 15) is 9.59 Å². The Labute approximate surface area is 224 Å². The number of benzene rings is 1. The van der Waals surface area contributed by atoms with E-state index in [0.29, 0.717) is 23.2 Å². The predicted molar refractivity (Wildman–Crippen MR) is 149 cm³/mol. The van der Waals surface area contributed by atoms with Gasteiger partial charge in [0, 0.05) is 19.6 Å². The number of rotatable bonds is 9. The zero-order chi connectivity index (χ0) is 26.2. The van der Waals surface area contributed by atoms with Crippen LogP contribution < -0.4 is 5.32 Å². The molecule has 1 N–H and O–H groups in total. The van der Waals surface area contributed by atoms with E-state index in [4.69, 9.17) is 0 Å². The summed E-state index contributed by atoms with van der Waals surface area (Å²) >= 11 is 0. The van der Waals surface area contributed by atoms with E-state index in [0.717, 1.165) is 57.8 Å². The number of fused-ring (bicyclic) bond motifs is 2. The molecule has 2 aliphatic heterocycles. The minimum absolute atomic E-state index is 0.114. The number of amides is 2. The molecule has 37 heavy (non-hydrogen) atoms. The number of nitrogens with one attached hydrogen (secondary N) is 1. The van der Waals surface area contributed by atoms with E-state index < -0.39 is 5.54 Å². The Bertz CT molecular complexity index is 948. The summed E-state index contributed by atoms with van der Waals surface area (Å²) in [6.07, 6.45) is 9.55. The van der Waals surface area contributed by atoms with Crippen LogP contribution in [0.3, 0.4) is 0 Å². The Morgan fingerprint density at radius 3 is 2.41 bits per heavy atom. The Hall–Kier alpha value is -1.88. The molecule has 1 aromatic carbocycles. The quantitative estimate of drug-likeness (QED) is 0.462. The Balaban J connectivity index is 1.24. The van der Waals surface area contributed by atoms with E-state index >= 15 is 0 Å². The van der Waals surface area contributed by atoms with Crippen molar-refractivity contribution >= 4 is 11.8 Å². The van der Waals surface area contributed by atoms with Crippen LogP contribution in [-0.4, -0.2) is 59.4 Å². The van der Waals surface area contributed by atoms with Gasteiger partial charge in [0.05, 0.1) is 0 Å². The van der Waals surface area contributed by atoms with Crippen LogP contribution >= 0.6 is 0 Å². The smallest absolute Gasteiger partial charge is 0.246 e. The summed E-state index contributed by atoms with van der Waals surface area (Å²) < 4.78 is 0. The topological polar surface area (TPSA) is 52.7 Å². The lowest BCUT2D eigenvalue weighted by Crippen LogP contribution is -2.74. The molecular formula is C32H49N3O2. The van der Waals surface area contributed by atoms with Gasteiger partial charge in [0.15, 0.2) is 0 Å². The highest BCUT2D eigenvalue weighted by Gasteiger charge is 2.58. The molecule has 2 saturated heterocycles. The summed E-state index contributed by atoms with van der Waals surface area (Å²) in [7, 11) is 0. The first-order chi connectivity index (χ1) is 17.7. The lowest BCUT2D eigenvalue weighted by atomic mass is 9.45. The first kappa shape index (κ1) is 26.7. The second-order valence-corrected chi connectivity index (χ2v) is 13.6. The fraction of sp³-hybridized carbons (Fsp3) is 0.750. The molecule has 5 fully saturated rings. The van der Waals surface area contributed by atoms with Gasteiger partial charge in [-0.25, -0.2) is 0 Å². The van der Waals surface area contributed by atoms with Crippen LogP contribution in [0.15, 0.2) is 30.3 Å². The van der Waals surface area contributed by atoms with Gasteiger partial charge >= 0.3 is 0 Å². The van der Waals surface area contributed by atoms with Gasteiger partial charge in [-0.3, -0.25) is 9.59 Å². The number of piperazine rings is 1. The van der Waals surface area contributed by atoms with E-state index in [2.05, 4.69) is 73.1 Å². The van der Waals surface area contributed by atoms with Crippen molar-refractivity contribution < 1.29 is 9.59 Å². The summed E-state index contributed by atoms with van der Waals surface area (Å²) in [4.78, 5) is 32.4. The first-order valence-corrected chi connectivity index (χ1v) is 15.1. The highest BCUT2D eigenvalue weighted by molar-refractivity contribution is 6.00. The fourth-order valence-corrected chi connectivity index (χ4v) is 8.14. The molecule has 0 aromatic heterocycles. The van der Waals surface area contributed by atoms with Gasteiger partial charge in [0.25, 0.3) is 0 Å². The standard InChI is InChI=1S/C32H49N3O2/c1-23(2)20-28-29(36)35(22-25-13-14-26-21-27(25)31(26,3)4)32(30(37)33-28)15-18-34(19-16-32)17-9-8-12-24-10-6-5-7-11-24/h5-7,10-11,23,25-28H,8-9,12-22H2,1-4H3,(H,33,37)/t25-,26+,27-,28+/m1/s1.